The molecule has 0 aromatic heterocycles. The van der Waals surface area contributed by atoms with Gasteiger partial charge in [0, 0.05) is 13.0 Å². The van der Waals surface area contributed by atoms with Gasteiger partial charge in [0.2, 0.25) is 0 Å². The minimum Gasteiger partial charge on any atom is -0.481 e. The number of carboxylic acid groups (broad SMARTS) is 1. The number of rotatable bonds is 28. The average molecular weight is 469 g/mol. The molecule has 0 rings (SSSR count). The molecule has 0 aliphatic rings. The van der Waals surface area contributed by atoms with Crippen molar-refractivity contribution in [3.8, 4) is 0 Å². The van der Waals surface area contributed by atoms with Crippen molar-refractivity contribution < 1.29 is 15.0 Å². The van der Waals surface area contributed by atoms with Crippen LogP contribution in [0.25, 0.3) is 0 Å². The highest BCUT2D eigenvalue weighted by Gasteiger charge is 2.03. The Hall–Kier alpha value is -0.570. The maximum Gasteiger partial charge on any atom is 0.303 e. The molecule has 198 valence electrons. The fourth-order valence-corrected chi connectivity index (χ4v) is 4.88. The van der Waals surface area contributed by atoms with Gasteiger partial charge in [-0.15, -0.1) is 0 Å². The Bertz CT molecular complexity index is 383. The first kappa shape index (κ1) is 32.4. The molecule has 0 aliphatic heterocycles. The number of aliphatic carboxylic acids is 1. The summed E-state index contributed by atoms with van der Waals surface area (Å²) in [5.74, 6) is 0.208. The molecule has 2 N–H and O–H groups in total. The lowest BCUT2D eigenvalue weighted by molar-refractivity contribution is -0.137. The summed E-state index contributed by atoms with van der Waals surface area (Å²) < 4.78 is 0. The van der Waals surface area contributed by atoms with Crippen LogP contribution in [-0.2, 0) is 4.79 Å². The summed E-state index contributed by atoms with van der Waals surface area (Å²) in [7, 11) is 0. The molecule has 1 unspecified atom stereocenters. The van der Waals surface area contributed by atoms with Crippen LogP contribution in [-0.4, -0.2) is 22.8 Å². The number of hydrogen-bond acceptors (Lipinski definition) is 2. The van der Waals surface area contributed by atoms with Gasteiger partial charge in [-0.05, 0) is 18.8 Å². The molecule has 3 heteroatoms. The fraction of sp³-hybridized carbons (Fsp3) is 0.967. The van der Waals surface area contributed by atoms with Gasteiger partial charge < -0.3 is 10.2 Å². The van der Waals surface area contributed by atoms with Gasteiger partial charge >= 0.3 is 5.97 Å². The maximum atomic E-state index is 10.5. The van der Waals surface area contributed by atoms with E-state index in [-0.39, 0.29) is 0 Å². The molecule has 0 saturated heterocycles. The third-order valence-corrected chi connectivity index (χ3v) is 7.19. The van der Waals surface area contributed by atoms with Crippen molar-refractivity contribution in [2.45, 2.75) is 174 Å². The van der Waals surface area contributed by atoms with Gasteiger partial charge in [-0.25, -0.2) is 0 Å². The third-order valence-electron chi connectivity index (χ3n) is 7.19. The number of carbonyl (C=O) groups is 1. The Kier molecular flexibility index (Phi) is 27.2. The molecule has 0 aromatic rings. The zero-order chi connectivity index (χ0) is 24.2. The predicted molar refractivity (Wildman–Crippen MR) is 144 cm³/mol. The minimum atomic E-state index is -0.654. The van der Waals surface area contributed by atoms with Crippen LogP contribution in [0.2, 0.25) is 0 Å². The van der Waals surface area contributed by atoms with Gasteiger partial charge in [-0.1, -0.05) is 155 Å². The summed E-state index contributed by atoms with van der Waals surface area (Å²) >= 11 is 0. The molecule has 0 spiro atoms. The predicted octanol–water partition coefficient (Wildman–Crippen LogP) is 9.84. The Balaban J connectivity index is 3.12. The molecule has 0 amide bonds. The lowest BCUT2D eigenvalue weighted by atomic mass is 9.96. The van der Waals surface area contributed by atoms with Crippen molar-refractivity contribution in [1.29, 1.82) is 0 Å². The highest BCUT2D eigenvalue weighted by atomic mass is 16.4. The summed E-state index contributed by atoms with van der Waals surface area (Å²) in [5, 5.41) is 17.4. The largest absolute Gasteiger partial charge is 0.481 e. The van der Waals surface area contributed by atoms with Crippen LogP contribution in [0.4, 0.5) is 0 Å². The average Bonchev–Trinajstić information content (AvgIpc) is 2.79. The van der Waals surface area contributed by atoms with Crippen LogP contribution in [0.3, 0.4) is 0 Å². The zero-order valence-corrected chi connectivity index (χ0v) is 22.5. The first-order valence-electron chi connectivity index (χ1n) is 15.0. The van der Waals surface area contributed by atoms with E-state index in [0.29, 0.717) is 13.0 Å². The van der Waals surface area contributed by atoms with Crippen LogP contribution in [0, 0.1) is 5.92 Å². The smallest absolute Gasteiger partial charge is 0.303 e. The standard InChI is InChI=1S/C30H60O3/c1-29(26-22-18-16-19-23-27-30(32)33)25-21-17-14-12-10-8-6-4-2-3-5-7-9-11-13-15-20-24-28-31/h29,31H,2-28H2,1H3,(H,32,33). The number of aliphatic hydroxyl groups is 1. The molecular weight excluding hydrogens is 408 g/mol. The monoisotopic (exact) mass is 468 g/mol. The SMILES string of the molecule is CC(CCCCCCCCCCCCCCCCCCCCO)CCCCCCCC(=O)O. The van der Waals surface area contributed by atoms with E-state index in [4.69, 9.17) is 10.2 Å². The molecular formula is C30H60O3. The quantitative estimate of drug-likeness (QED) is 0.112. The molecule has 0 radical (unpaired) electrons. The van der Waals surface area contributed by atoms with Gasteiger partial charge in [0.1, 0.15) is 0 Å². The van der Waals surface area contributed by atoms with Gasteiger partial charge in [-0.3, -0.25) is 4.79 Å². The highest BCUT2D eigenvalue weighted by Crippen LogP contribution is 2.19. The van der Waals surface area contributed by atoms with Crippen molar-refractivity contribution in [3.63, 3.8) is 0 Å². The number of aliphatic hydroxyl groups excluding tert-OH is 1. The summed E-state index contributed by atoms with van der Waals surface area (Å²) in [6.07, 6.45) is 33.6. The topological polar surface area (TPSA) is 57.5 Å². The third kappa shape index (κ3) is 29.4. The summed E-state index contributed by atoms with van der Waals surface area (Å²) in [4.78, 5) is 10.5. The van der Waals surface area contributed by atoms with Gasteiger partial charge in [0.15, 0.2) is 0 Å². The normalized spacial score (nSPS) is 12.3. The van der Waals surface area contributed by atoms with E-state index >= 15 is 0 Å². The maximum absolute atomic E-state index is 10.5. The van der Waals surface area contributed by atoms with Crippen LogP contribution < -0.4 is 0 Å². The van der Waals surface area contributed by atoms with Gasteiger partial charge in [-0.2, -0.15) is 0 Å². The van der Waals surface area contributed by atoms with E-state index in [1.54, 1.807) is 0 Å². The fourth-order valence-electron chi connectivity index (χ4n) is 4.88. The Morgan fingerprint density at radius 2 is 0.758 bits per heavy atom. The lowest BCUT2D eigenvalue weighted by Gasteiger charge is -2.11. The van der Waals surface area contributed by atoms with Crippen molar-refractivity contribution in [3.05, 3.63) is 0 Å². The second kappa shape index (κ2) is 27.7. The first-order chi connectivity index (χ1) is 16.2. The number of unbranched alkanes of at least 4 members (excludes halogenated alkanes) is 21. The Labute approximate surface area is 207 Å². The molecule has 0 aromatic carbocycles. The van der Waals surface area contributed by atoms with Crippen LogP contribution >= 0.6 is 0 Å². The van der Waals surface area contributed by atoms with E-state index in [1.165, 1.54) is 141 Å². The molecule has 0 bridgehead atoms. The highest BCUT2D eigenvalue weighted by molar-refractivity contribution is 5.66. The second-order valence-electron chi connectivity index (χ2n) is 10.7. The Morgan fingerprint density at radius 3 is 1.06 bits per heavy atom. The van der Waals surface area contributed by atoms with Gasteiger partial charge in [0.05, 0.1) is 0 Å². The van der Waals surface area contributed by atoms with Crippen LogP contribution in [0.5, 0.6) is 0 Å². The molecule has 0 aliphatic carbocycles. The second-order valence-corrected chi connectivity index (χ2v) is 10.7. The molecule has 1 atom stereocenters. The van der Waals surface area contributed by atoms with Gasteiger partial charge in [0.25, 0.3) is 0 Å². The Morgan fingerprint density at radius 1 is 0.485 bits per heavy atom. The van der Waals surface area contributed by atoms with Crippen molar-refractivity contribution in [2.75, 3.05) is 6.61 Å². The van der Waals surface area contributed by atoms with E-state index < -0.39 is 5.97 Å². The van der Waals surface area contributed by atoms with E-state index in [0.717, 1.165) is 25.2 Å². The molecule has 3 nitrogen and oxygen atoms in total. The zero-order valence-electron chi connectivity index (χ0n) is 22.5. The minimum absolute atomic E-state index is 0.338. The van der Waals surface area contributed by atoms with E-state index in [2.05, 4.69) is 6.92 Å². The van der Waals surface area contributed by atoms with Crippen LogP contribution in [0.15, 0.2) is 0 Å². The van der Waals surface area contributed by atoms with E-state index in [1.807, 2.05) is 0 Å². The summed E-state index contributed by atoms with van der Waals surface area (Å²) in [6, 6.07) is 0. The van der Waals surface area contributed by atoms with Crippen molar-refractivity contribution >= 4 is 5.97 Å². The molecule has 0 saturated carbocycles. The van der Waals surface area contributed by atoms with Crippen LogP contribution in [0.1, 0.15) is 174 Å². The molecule has 0 heterocycles. The van der Waals surface area contributed by atoms with Crippen molar-refractivity contribution in [2.24, 2.45) is 5.92 Å². The summed E-state index contributed by atoms with van der Waals surface area (Å²) in [6.45, 7) is 2.77. The van der Waals surface area contributed by atoms with E-state index in [9.17, 15) is 4.79 Å². The number of hydrogen-bond donors (Lipinski definition) is 2. The summed E-state index contributed by atoms with van der Waals surface area (Å²) in [5.41, 5.74) is 0. The van der Waals surface area contributed by atoms with Crippen molar-refractivity contribution in [1.82, 2.24) is 0 Å². The lowest BCUT2D eigenvalue weighted by Crippen LogP contribution is -1.96. The molecule has 33 heavy (non-hydrogen) atoms. The molecule has 0 fully saturated rings. The number of carboxylic acids is 1. The first-order valence-corrected chi connectivity index (χ1v) is 15.0.